The summed E-state index contributed by atoms with van der Waals surface area (Å²) in [4.78, 5) is 2.55. The summed E-state index contributed by atoms with van der Waals surface area (Å²) >= 11 is 0. The number of hydrogen-bond acceptors (Lipinski definition) is 2. The zero-order chi connectivity index (χ0) is 20.2. The second kappa shape index (κ2) is 14.0. The lowest BCUT2D eigenvalue weighted by atomic mass is 9.94. The van der Waals surface area contributed by atoms with Crippen LogP contribution in [0.4, 0.5) is 0 Å². The first-order valence-electron chi connectivity index (χ1n) is 11.4. The SMILES string of the molecule is CC(C)CCCC(C)CCN(CCC(C)CCCC(C)C)C(C)(C)CO. The van der Waals surface area contributed by atoms with Crippen LogP contribution < -0.4 is 0 Å². The van der Waals surface area contributed by atoms with E-state index in [1.165, 1.54) is 51.4 Å². The molecule has 0 aromatic carbocycles. The van der Waals surface area contributed by atoms with E-state index in [9.17, 15) is 5.11 Å². The van der Waals surface area contributed by atoms with Gasteiger partial charge in [0.05, 0.1) is 6.61 Å². The Bertz CT molecular complexity index is 300. The third-order valence-electron chi connectivity index (χ3n) is 5.98. The van der Waals surface area contributed by atoms with Crippen LogP contribution in [0.25, 0.3) is 0 Å². The van der Waals surface area contributed by atoms with E-state index in [0.717, 1.165) is 36.8 Å². The number of aliphatic hydroxyl groups excluding tert-OH is 1. The zero-order valence-electron chi connectivity index (χ0n) is 19.5. The minimum Gasteiger partial charge on any atom is -0.394 e. The summed E-state index contributed by atoms with van der Waals surface area (Å²) in [6.45, 7) is 21.0. The molecule has 0 spiro atoms. The lowest BCUT2D eigenvalue weighted by molar-refractivity contribution is 0.0480. The highest BCUT2D eigenvalue weighted by atomic mass is 16.3. The normalized spacial score (nSPS) is 15.2. The summed E-state index contributed by atoms with van der Waals surface area (Å²) in [6, 6.07) is 0. The Hall–Kier alpha value is -0.0800. The number of hydrogen-bond donors (Lipinski definition) is 1. The second-order valence-electron chi connectivity index (χ2n) is 10.4. The van der Waals surface area contributed by atoms with Crippen LogP contribution in [0, 0.1) is 23.7 Å². The van der Waals surface area contributed by atoms with Gasteiger partial charge in [-0.2, -0.15) is 0 Å². The Labute approximate surface area is 166 Å². The molecule has 158 valence electrons. The van der Waals surface area contributed by atoms with Crippen molar-refractivity contribution in [3.63, 3.8) is 0 Å². The van der Waals surface area contributed by atoms with Gasteiger partial charge in [0.2, 0.25) is 0 Å². The van der Waals surface area contributed by atoms with Gasteiger partial charge in [0.1, 0.15) is 0 Å². The highest BCUT2D eigenvalue weighted by molar-refractivity contribution is 4.81. The summed E-state index contributed by atoms with van der Waals surface area (Å²) < 4.78 is 0. The quantitative estimate of drug-likeness (QED) is 0.325. The van der Waals surface area contributed by atoms with Crippen LogP contribution in [0.1, 0.15) is 107 Å². The van der Waals surface area contributed by atoms with Crippen molar-refractivity contribution in [2.24, 2.45) is 23.7 Å². The van der Waals surface area contributed by atoms with Crippen molar-refractivity contribution in [2.45, 2.75) is 112 Å². The smallest absolute Gasteiger partial charge is 0.0610 e. The van der Waals surface area contributed by atoms with E-state index in [2.05, 4.69) is 60.3 Å². The molecule has 0 saturated carbocycles. The molecule has 0 fully saturated rings. The number of nitrogens with zero attached hydrogens (tertiary/aromatic N) is 1. The molecule has 2 nitrogen and oxygen atoms in total. The van der Waals surface area contributed by atoms with Gasteiger partial charge in [0.15, 0.2) is 0 Å². The summed E-state index contributed by atoms with van der Waals surface area (Å²) in [6.07, 6.45) is 10.6. The first-order valence-corrected chi connectivity index (χ1v) is 11.4. The third kappa shape index (κ3) is 13.1. The van der Waals surface area contributed by atoms with Crippen molar-refractivity contribution in [1.29, 1.82) is 0 Å². The molecule has 0 aliphatic carbocycles. The molecule has 0 rings (SSSR count). The van der Waals surface area contributed by atoms with Crippen LogP contribution in [-0.2, 0) is 0 Å². The predicted molar refractivity (Wildman–Crippen MR) is 118 cm³/mol. The molecule has 0 bridgehead atoms. The molecule has 0 radical (unpaired) electrons. The molecule has 0 heterocycles. The molecule has 0 aliphatic rings. The standard InChI is InChI=1S/C24H51NO/c1-20(2)11-9-13-22(5)15-17-25(24(7,8)19-26)18-16-23(6)14-10-12-21(3)4/h20-23,26H,9-19H2,1-8H3. The van der Waals surface area contributed by atoms with Gasteiger partial charge in [-0.1, -0.05) is 80.1 Å². The number of rotatable bonds is 16. The Morgan fingerprint density at radius 3 is 1.35 bits per heavy atom. The van der Waals surface area contributed by atoms with Crippen LogP contribution in [0.3, 0.4) is 0 Å². The van der Waals surface area contributed by atoms with Crippen molar-refractivity contribution in [1.82, 2.24) is 4.90 Å². The van der Waals surface area contributed by atoms with E-state index in [1.54, 1.807) is 0 Å². The molecule has 26 heavy (non-hydrogen) atoms. The van der Waals surface area contributed by atoms with Gasteiger partial charge in [0, 0.05) is 5.54 Å². The van der Waals surface area contributed by atoms with E-state index < -0.39 is 0 Å². The fraction of sp³-hybridized carbons (Fsp3) is 1.00. The average molecular weight is 370 g/mol. The number of aliphatic hydroxyl groups is 1. The molecule has 0 amide bonds. The summed E-state index contributed by atoms with van der Waals surface area (Å²) in [7, 11) is 0. The van der Waals surface area contributed by atoms with E-state index in [4.69, 9.17) is 0 Å². The van der Waals surface area contributed by atoms with Crippen LogP contribution >= 0.6 is 0 Å². The fourth-order valence-corrected chi connectivity index (χ4v) is 3.61. The van der Waals surface area contributed by atoms with Crippen molar-refractivity contribution < 1.29 is 5.11 Å². The first-order chi connectivity index (χ1) is 12.1. The monoisotopic (exact) mass is 369 g/mol. The molecule has 0 aromatic heterocycles. The van der Waals surface area contributed by atoms with Crippen molar-refractivity contribution >= 4 is 0 Å². The minimum absolute atomic E-state index is 0.102. The maximum absolute atomic E-state index is 9.86. The van der Waals surface area contributed by atoms with Gasteiger partial charge in [-0.3, -0.25) is 4.90 Å². The lowest BCUT2D eigenvalue weighted by Crippen LogP contribution is -2.48. The van der Waals surface area contributed by atoms with Crippen molar-refractivity contribution in [3.8, 4) is 0 Å². The molecule has 1 N–H and O–H groups in total. The first kappa shape index (κ1) is 25.9. The summed E-state index contributed by atoms with van der Waals surface area (Å²) in [5.41, 5.74) is -0.102. The topological polar surface area (TPSA) is 23.5 Å². The van der Waals surface area contributed by atoms with Crippen LogP contribution in [0.5, 0.6) is 0 Å². The van der Waals surface area contributed by atoms with Crippen molar-refractivity contribution in [2.75, 3.05) is 19.7 Å². The van der Waals surface area contributed by atoms with Gasteiger partial charge < -0.3 is 5.11 Å². The molecule has 2 heteroatoms. The molecular formula is C24H51NO. The third-order valence-corrected chi connectivity index (χ3v) is 5.98. The van der Waals surface area contributed by atoms with E-state index >= 15 is 0 Å². The summed E-state index contributed by atoms with van der Waals surface area (Å²) in [5.74, 6) is 3.22. The Balaban J connectivity index is 4.32. The largest absolute Gasteiger partial charge is 0.394 e. The molecular weight excluding hydrogens is 318 g/mol. The second-order valence-corrected chi connectivity index (χ2v) is 10.4. The van der Waals surface area contributed by atoms with Crippen LogP contribution in [0.15, 0.2) is 0 Å². The maximum Gasteiger partial charge on any atom is 0.0610 e. The van der Waals surface area contributed by atoms with Gasteiger partial charge in [-0.05, 0) is 63.5 Å². The van der Waals surface area contributed by atoms with Crippen LogP contribution in [-0.4, -0.2) is 35.2 Å². The Morgan fingerprint density at radius 1 is 0.654 bits per heavy atom. The van der Waals surface area contributed by atoms with Gasteiger partial charge in [-0.15, -0.1) is 0 Å². The van der Waals surface area contributed by atoms with E-state index in [0.29, 0.717) is 0 Å². The molecule has 0 aromatic rings. The highest BCUT2D eigenvalue weighted by Gasteiger charge is 2.26. The van der Waals surface area contributed by atoms with E-state index in [1.807, 2.05) is 0 Å². The maximum atomic E-state index is 9.86. The molecule has 0 saturated heterocycles. The van der Waals surface area contributed by atoms with E-state index in [-0.39, 0.29) is 12.1 Å². The Morgan fingerprint density at radius 2 is 1.04 bits per heavy atom. The van der Waals surface area contributed by atoms with Gasteiger partial charge in [-0.25, -0.2) is 0 Å². The Kier molecular flexibility index (Phi) is 14.0. The minimum atomic E-state index is -0.102. The molecule has 0 aliphatic heterocycles. The highest BCUT2D eigenvalue weighted by Crippen LogP contribution is 2.22. The average Bonchev–Trinajstić information content (AvgIpc) is 2.53. The molecule has 2 atom stereocenters. The summed E-state index contributed by atoms with van der Waals surface area (Å²) in [5, 5.41) is 9.86. The fourth-order valence-electron chi connectivity index (χ4n) is 3.61. The molecule has 2 unspecified atom stereocenters. The van der Waals surface area contributed by atoms with Gasteiger partial charge >= 0.3 is 0 Å². The van der Waals surface area contributed by atoms with Crippen molar-refractivity contribution in [3.05, 3.63) is 0 Å². The lowest BCUT2D eigenvalue weighted by Gasteiger charge is -2.38. The van der Waals surface area contributed by atoms with Crippen LogP contribution in [0.2, 0.25) is 0 Å². The van der Waals surface area contributed by atoms with Gasteiger partial charge in [0.25, 0.3) is 0 Å². The predicted octanol–water partition coefficient (Wildman–Crippen LogP) is 6.76. The zero-order valence-corrected chi connectivity index (χ0v) is 19.5.